The standard InChI is InChI=1S/C26H32N4O4/c1-18-11-19-12-23(32-3)24(33-4)13-20(19)14-27-30(18)25(31)28(2)21-5-7-22(8-6-21)29-10-9-26(15-29)16-34-17-26/h5-8,12-14,18H,9-11,15-17H2,1-4H3. The average Bonchev–Trinajstić information content (AvgIpc) is 3.24. The summed E-state index contributed by atoms with van der Waals surface area (Å²) < 4.78 is 16.3. The fourth-order valence-electron chi connectivity index (χ4n) is 5.05. The highest BCUT2D eigenvalue weighted by molar-refractivity contribution is 5.93. The molecule has 2 aromatic rings. The number of methoxy groups -OCH3 is 2. The Bertz CT molecular complexity index is 1100. The van der Waals surface area contributed by atoms with Gasteiger partial charge in [0.1, 0.15) is 0 Å². The summed E-state index contributed by atoms with van der Waals surface area (Å²) in [6, 6.07) is 11.8. The number of amides is 2. The van der Waals surface area contributed by atoms with Gasteiger partial charge < -0.3 is 19.1 Å². The maximum absolute atomic E-state index is 13.4. The van der Waals surface area contributed by atoms with Crippen LogP contribution in [0.5, 0.6) is 11.5 Å². The van der Waals surface area contributed by atoms with Crippen molar-refractivity contribution in [1.29, 1.82) is 0 Å². The van der Waals surface area contributed by atoms with Gasteiger partial charge in [0.2, 0.25) is 0 Å². The van der Waals surface area contributed by atoms with Gasteiger partial charge in [0.25, 0.3) is 0 Å². The number of fused-ring (bicyclic) bond motifs is 1. The number of benzene rings is 2. The molecule has 2 saturated heterocycles. The van der Waals surface area contributed by atoms with Gasteiger partial charge in [0.05, 0.1) is 39.7 Å². The van der Waals surface area contributed by atoms with Crippen molar-refractivity contribution in [3.05, 3.63) is 47.5 Å². The maximum Gasteiger partial charge on any atom is 0.344 e. The Morgan fingerprint density at radius 3 is 2.47 bits per heavy atom. The first-order chi connectivity index (χ1) is 16.4. The van der Waals surface area contributed by atoms with Gasteiger partial charge in [-0.1, -0.05) is 0 Å². The van der Waals surface area contributed by atoms with E-state index in [1.807, 2.05) is 31.2 Å². The molecule has 1 spiro atoms. The lowest BCUT2D eigenvalue weighted by atomic mass is 9.85. The van der Waals surface area contributed by atoms with Crippen molar-refractivity contribution in [2.45, 2.75) is 25.8 Å². The van der Waals surface area contributed by atoms with Crippen LogP contribution in [0.25, 0.3) is 0 Å². The van der Waals surface area contributed by atoms with Gasteiger partial charge in [-0.05, 0) is 61.7 Å². The predicted molar refractivity (Wildman–Crippen MR) is 132 cm³/mol. The van der Waals surface area contributed by atoms with Crippen LogP contribution in [0.1, 0.15) is 24.5 Å². The molecule has 180 valence electrons. The molecule has 3 aliphatic heterocycles. The highest BCUT2D eigenvalue weighted by atomic mass is 16.5. The molecule has 0 N–H and O–H groups in total. The minimum Gasteiger partial charge on any atom is -0.493 e. The number of nitrogens with zero attached hydrogens (tertiary/aromatic N) is 4. The Morgan fingerprint density at radius 2 is 1.85 bits per heavy atom. The van der Waals surface area contributed by atoms with Crippen LogP contribution in [0, 0.1) is 5.41 Å². The zero-order chi connectivity index (χ0) is 23.9. The molecule has 0 aliphatic carbocycles. The summed E-state index contributed by atoms with van der Waals surface area (Å²) in [5.41, 5.74) is 4.36. The van der Waals surface area contributed by atoms with Crippen LogP contribution in [0.2, 0.25) is 0 Å². The molecule has 3 heterocycles. The van der Waals surface area contributed by atoms with Gasteiger partial charge in [-0.25, -0.2) is 9.80 Å². The van der Waals surface area contributed by atoms with Crippen molar-refractivity contribution in [2.75, 3.05) is 57.4 Å². The van der Waals surface area contributed by atoms with Gasteiger partial charge in [-0.15, -0.1) is 0 Å². The van der Waals surface area contributed by atoms with Crippen molar-refractivity contribution in [3.8, 4) is 11.5 Å². The van der Waals surface area contributed by atoms with Crippen molar-refractivity contribution in [1.82, 2.24) is 5.01 Å². The highest BCUT2D eigenvalue weighted by Gasteiger charge is 2.44. The van der Waals surface area contributed by atoms with Crippen molar-refractivity contribution in [3.63, 3.8) is 0 Å². The summed E-state index contributed by atoms with van der Waals surface area (Å²) in [4.78, 5) is 17.5. The SMILES string of the molecule is COc1cc2c(cc1OC)CC(C)N(C(=O)N(C)c1ccc(N3CCC4(COC4)C3)cc1)N=C2. The number of hydrazone groups is 1. The van der Waals surface area contributed by atoms with Crippen LogP contribution < -0.4 is 19.3 Å². The molecule has 34 heavy (non-hydrogen) atoms. The zero-order valence-electron chi connectivity index (χ0n) is 20.3. The third kappa shape index (κ3) is 3.96. The molecule has 0 saturated carbocycles. The lowest BCUT2D eigenvalue weighted by Gasteiger charge is -2.37. The highest BCUT2D eigenvalue weighted by Crippen LogP contribution is 2.39. The van der Waals surface area contributed by atoms with Gasteiger partial charge >= 0.3 is 6.03 Å². The van der Waals surface area contributed by atoms with E-state index in [1.54, 1.807) is 37.4 Å². The van der Waals surface area contributed by atoms with E-state index in [0.717, 1.165) is 43.1 Å². The van der Waals surface area contributed by atoms with Crippen LogP contribution in [0.15, 0.2) is 41.5 Å². The number of rotatable bonds is 4. The molecule has 2 aromatic carbocycles. The monoisotopic (exact) mass is 464 g/mol. The summed E-state index contributed by atoms with van der Waals surface area (Å²) >= 11 is 0. The minimum absolute atomic E-state index is 0.115. The largest absolute Gasteiger partial charge is 0.493 e. The fraction of sp³-hybridized carbons (Fsp3) is 0.462. The van der Waals surface area contributed by atoms with E-state index < -0.39 is 0 Å². The molecule has 1 unspecified atom stereocenters. The Labute approximate surface area is 200 Å². The predicted octanol–water partition coefficient (Wildman–Crippen LogP) is 3.77. The molecule has 0 aromatic heterocycles. The molecule has 8 heteroatoms. The van der Waals surface area contributed by atoms with E-state index in [2.05, 4.69) is 22.1 Å². The van der Waals surface area contributed by atoms with Crippen molar-refractivity contribution in [2.24, 2.45) is 10.5 Å². The molecule has 0 radical (unpaired) electrons. The van der Waals surface area contributed by atoms with E-state index in [-0.39, 0.29) is 12.1 Å². The van der Waals surface area contributed by atoms with Crippen LogP contribution in [-0.4, -0.2) is 70.9 Å². The molecular weight excluding hydrogens is 432 g/mol. The molecular formula is C26H32N4O4. The van der Waals surface area contributed by atoms with E-state index >= 15 is 0 Å². The topological polar surface area (TPSA) is 66.8 Å². The zero-order valence-corrected chi connectivity index (χ0v) is 20.3. The van der Waals surface area contributed by atoms with E-state index in [4.69, 9.17) is 14.2 Å². The number of carbonyl (C=O) groups excluding carboxylic acids is 1. The van der Waals surface area contributed by atoms with Crippen LogP contribution >= 0.6 is 0 Å². The Hall–Kier alpha value is -3.26. The normalized spacial score (nSPS) is 20.5. The summed E-state index contributed by atoms with van der Waals surface area (Å²) in [7, 11) is 5.03. The summed E-state index contributed by atoms with van der Waals surface area (Å²) in [5.74, 6) is 1.32. The Kier molecular flexibility index (Phi) is 5.85. The van der Waals surface area contributed by atoms with Gasteiger partial charge in [-0.2, -0.15) is 5.10 Å². The number of urea groups is 1. The average molecular weight is 465 g/mol. The van der Waals surface area contributed by atoms with Crippen LogP contribution in [0.3, 0.4) is 0 Å². The second-order valence-corrected chi connectivity index (χ2v) is 9.57. The Balaban J connectivity index is 1.30. The minimum atomic E-state index is -0.171. The van der Waals surface area contributed by atoms with Crippen molar-refractivity contribution >= 4 is 23.6 Å². The van der Waals surface area contributed by atoms with Crippen LogP contribution in [-0.2, 0) is 11.2 Å². The second-order valence-electron chi connectivity index (χ2n) is 9.57. The van der Waals surface area contributed by atoms with Gasteiger partial charge in [0.15, 0.2) is 11.5 Å². The number of hydrogen-bond donors (Lipinski definition) is 0. The number of ether oxygens (including phenoxy) is 3. The molecule has 0 bridgehead atoms. The lowest BCUT2D eigenvalue weighted by molar-refractivity contribution is -0.0985. The third-order valence-electron chi connectivity index (χ3n) is 7.24. The lowest BCUT2D eigenvalue weighted by Crippen LogP contribution is -2.44. The van der Waals surface area contributed by atoms with E-state index in [0.29, 0.717) is 23.3 Å². The maximum atomic E-state index is 13.4. The van der Waals surface area contributed by atoms with E-state index in [1.165, 1.54) is 12.1 Å². The summed E-state index contributed by atoms with van der Waals surface area (Å²) in [5, 5.41) is 6.09. The van der Waals surface area contributed by atoms with Crippen LogP contribution in [0.4, 0.5) is 16.2 Å². The number of carbonyl (C=O) groups is 1. The van der Waals surface area contributed by atoms with Gasteiger partial charge in [0, 0.05) is 42.5 Å². The summed E-state index contributed by atoms with van der Waals surface area (Å²) in [6.07, 6.45) is 3.57. The smallest absolute Gasteiger partial charge is 0.344 e. The number of hydrogen-bond acceptors (Lipinski definition) is 6. The van der Waals surface area contributed by atoms with Gasteiger partial charge in [-0.3, -0.25) is 4.90 Å². The quantitative estimate of drug-likeness (QED) is 0.689. The Morgan fingerprint density at radius 1 is 1.15 bits per heavy atom. The summed E-state index contributed by atoms with van der Waals surface area (Å²) in [6.45, 7) is 5.84. The molecule has 2 amide bonds. The fourth-order valence-corrected chi connectivity index (χ4v) is 5.05. The van der Waals surface area contributed by atoms with E-state index in [9.17, 15) is 4.79 Å². The first-order valence-electron chi connectivity index (χ1n) is 11.7. The van der Waals surface area contributed by atoms with Crippen molar-refractivity contribution < 1.29 is 19.0 Å². The first kappa shape index (κ1) is 22.5. The molecule has 1 atom stereocenters. The third-order valence-corrected chi connectivity index (χ3v) is 7.24. The molecule has 5 rings (SSSR count). The number of anilines is 2. The molecule has 8 nitrogen and oxygen atoms in total. The second kappa shape index (κ2) is 8.83. The molecule has 2 fully saturated rings. The molecule has 3 aliphatic rings. The first-order valence-corrected chi connectivity index (χ1v) is 11.7.